The Labute approximate surface area is 85.5 Å². The fourth-order valence-electron chi connectivity index (χ4n) is 1.56. The molecule has 0 bridgehead atoms. The summed E-state index contributed by atoms with van der Waals surface area (Å²) in [6.45, 7) is 1.67. The number of carbonyl (C=O) groups excluding carboxylic acids is 1. The predicted octanol–water partition coefficient (Wildman–Crippen LogP) is 1.05. The van der Waals surface area contributed by atoms with Gasteiger partial charge < -0.3 is 9.52 Å². The lowest BCUT2D eigenvalue weighted by atomic mass is 10.1. The van der Waals surface area contributed by atoms with Crippen molar-refractivity contribution in [3.8, 4) is 5.75 Å². The molecule has 0 unspecified atom stereocenters. The topological polar surface area (TPSA) is 88.5 Å². The lowest BCUT2D eigenvalue weighted by Crippen LogP contribution is -2.30. The van der Waals surface area contributed by atoms with Gasteiger partial charge in [-0.3, -0.25) is 10.2 Å². The average molecular weight is 206 g/mol. The molecule has 0 radical (unpaired) electrons. The Kier molecular flexibility index (Phi) is 2.09. The number of phenols is 1. The molecule has 0 aliphatic rings. The van der Waals surface area contributed by atoms with Gasteiger partial charge in [0.2, 0.25) is 0 Å². The Morgan fingerprint density at radius 3 is 2.93 bits per heavy atom. The van der Waals surface area contributed by atoms with E-state index in [0.29, 0.717) is 22.3 Å². The van der Waals surface area contributed by atoms with E-state index >= 15 is 0 Å². The monoisotopic (exact) mass is 206 g/mol. The molecule has 2 rings (SSSR count). The van der Waals surface area contributed by atoms with Crippen LogP contribution in [0.25, 0.3) is 11.0 Å². The third-order valence-corrected chi connectivity index (χ3v) is 2.21. The molecule has 0 aliphatic carbocycles. The Hall–Kier alpha value is -2.01. The number of aryl methyl sites for hydroxylation is 1. The van der Waals surface area contributed by atoms with Crippen molar-refractivity contribution in [2.45, 2.75) is 6.92 Å². The number of rotatable bonds is 1. The lowest BCUT2D eigenvalue weighted by Gasteiger charge is -1.97. The van der Waals surface area contributed by atoms with E-state index in [1.54, 1.807) is 13.0 Å². The van der Waals surface area contributed by atoms with Gasteiger partial charge in [-0.15, -0.1) is 0 Å². The molecule has 0 spiro atoms. The predicted molar refractivity (Wildman–Crippen MR) is 54.3 cm³/mol. The first-order valence-corrected chi connectivity index (χ1v) is 4.36. The minimum Gasteiger partial charge on any atom is -0.508 e. The summed E-state index contributed by atoms with van der Waals surface area (Å²) in [4.78, 5) is 11.4. The first-order valence-electron chi connectivity index (χ1n) is 4.36. The number of furan rings is 1. The molecule has 5 heteroatoms. The van der Waals surface area contributed by atoms with Gasteiger partial charge in [0.25, 0.3) is 5.91 Å². The second-order valence-electron chi connectivity index (χ2n) is 3.19. The van der Waals surface area contributed by atoms with E-state index in [2.05, 4.69) is 0 Å². The van der Waals surface area contributed by atoms with Gasteiger partial charge >= 0.3 is 0 Å². The Morgan fingerprint density at radius 1 is 1.53 bits per heavy atom. The summed E-state index contributed by atoms with van der Waals surface area (Å²) in [6.07, 6.45) is 0. The van der Waals surface area contributed by atoms with Crippen LogP contribution in [-0.2, 0) is 0 Å². The molecule has 4 N–H and O–H groups in total. The number of hydrazine groups is 1. The van der Waals surface area contributed by atoms with E-state index < -0.39 is 5.91 Å². The molecular formula is C10H10N2O3. The van der Waals surface area contributed by atoms with Crippen LogP contribution in [-0.4, -0.2) is 11.0 Å². The summed E-state index contributed by atoms with van der Waals surface area (Å²) < 4.78 is 5.35. The molecule has 2 aromatic rings. The number of nitrogens with two attached hydrogens (primary N) is 1. The summed E-state index contributed by atoms with van der Waals surface area (Å²) in [5.41, 5.74) is 2.93. The van der Waals surface area contributed by atoms with Crippen molar-refractivity contribution in [2.75, 3.05) is 0 Å². The minimum atomic E-state index is -0.433. The summed E-state index contributed by atoms with van der Waals surface area (Å²) >= 11 is 0. The van der Waals surface area contributed by atoms with Crippen LogP contribution in [0.2, 0.25) is 0 Å². The number of fused-ring (bicyclic) bond motifs is 1. The van der Waals surface area contributed by atoms with Gasteiger partial charge in [0.05, 0.1) is 5.56 Å². The molecule has 0 atom stereocenters. The molecular weight excluding hydrogens is 196 g/mol. The third kappa shape index (κ3) is 1.42. The molecule has 1 aromatic heterocycles. The maximum Gasteiger partial charge on any atom is 0.269 e. The van der Waals surface area contributed by atoms with Crippen molar-refractivity contribution in [1.29, 1.82) is 0 Å². The van der Waals surface area contributed by atoms with Crippen molar-refractivity contribution >= 4 is 16.9 Å². The molecule has 0 saturated carbocycles. The zero-order valence-electron chi connectivity index (χ0n) is 8.07. The Bertz CT molecular complexity index is 531. The summed E-state index contributed by atoms with van der Waals surface area (Å²) in [7, 11) is 0. The Morgan fingerprint density at radius 2 is 2.27 bits per heavy atom. The van der Waals surface area contributed by atoms with Crippen LogP contribution >= 0.6 is 0 Å². The molecule has 1 aromatic carbocycles. The van der Waals surface area contributed by atoms with Gasteiger partial charge in [-0.05, 0) is 25.1 Å². The van der Waals surface area contributed by atoms with E-state index in [-0.39, 0.29) is 5.75 Å². The zero-order chi connectivity index (χ0) is 11.0. The highest BCUT2D eigenvalue weighted by Crippen LogP contribution is 2.28. The normalized spacial score (nSPS) is 10.5. The standard InChI is InChI=1S/C10H10N2O3/c1-5-9(10(14)12-11)7-4-6(13)2-3-8(7)15-5/h2-4,13H,11H2,1H3,(H,12,14). The van der Waals surface area contributed by atoms with Gasteiger partial charge in [-0.2, -0.15) is 0 Å². The number of benzene rings is 1. The van der Waals surface area contributed by atoms with Gasteiger partial charge in [-0.25, -0.2) is 5.84 Å². The van der Waals surface area contributed by atoms with E-state index in [1.807, 2.05) is 5.43 Å². The van der Waals surface area contributed by atoms with Crippen LogP contribution in [0.1, 0.15) is 16.1 Å². The fraction of sp³-hybridized carbons (Fsp3) is 0.100. The maximum atomic E-state index is 11.4. The molecule has 1 amide bonds. The highest BCUT2D eigenvalue weighted by molar-refractivity contribution is 6.07. The summed E-state index contributed by atoms with van der Waals surface area (Å²) in [5, 5.41) is 9.87. The SMILES string of the molecule is Cc1oc2ccc(O)cc2c1C(=O)NN. The highest BCUT2D eigenvalue weighted by atomic mass is 16.3. The Balaban J connectivity index is 2.76. The molecule has 0 saturated heterocycles. The van der Waals surface area contributed by atoms with Crippen LogP contribution in [0.4, 0.5) is 0 Å². The van der Waals surface area contributed by atoms with Crippen molar-refractivity contribution in [3.63, 3.8) is 0 Å². The minimum absolute atomic E-state index is 0.0781. The number of hydrogen-bond donors (Lipinski definition) is 3. The number of aromatic hydroxyl groups is 1. The van der Waals surface area contributed by atoms with Crippen molar-refractivity contribution < 1.29 is 14.3 Å². The number of nitrogens with one attached hydrogen (secondary N) is 1. The van der Waals surface area contributed by atoms with E-state index in [1.165, 1.54) is 12.1 Å². The second-order valence-corrected chi connectivity index (χ2v) is 3.19. The van der Waals surface area contributed by atoms with E-state index in [0.717, 1.165) is 0 Å². The molecule has 15 heavy (non-hydrogen) atoms. The van der Waals surface area contributed by atoms with Gasteiger partial charge in [0.15, 0.2) is 0 Å². The van der Waals surface area contributed by atoms with E-state index in [9.17, 15) is 9.90 Å². The van der Waals surface area contributed by atoms with Crippen LogP contribution in [0.5, 0.6) is 5.75 Å². The average Bonchev–Trinajstić information content (AvgIpc) is 2.52. The quantitative estimate of drug-likeness (QED) is 0.369. The van der Waals surface area contributed by atoms with Gasteiger partial charge in [0.1, 0.15) is 17.1 Å². The molecule has 78 valence electrons. The number of phenolic OH excluding ortho intramolecular Hbond substituents is 1. The first kappa shape index (κ1) is 9.54. The van der Waals surface area contributed by atoms with Crippen molar-refractivity contribution in [2.24, 2.45) is 5.84 Å². The number of hydrogen-bond acceptors (Lipinski definition) is 4. The van der Waals surface area contributed by atoms with Crippen LogP contribution in [0, 0.1) is 6.92 Å². The first-order chi connectivity index (χ1) is 7.13. The largest absolute Gasteiger partial charge is 0.508 e. The smallest absolute Gasteiger partial charge is 0.269 e. The number of amides is 1. The van der Waals surface area contributed by atoms with Crippen LogP contribution < -0.4 is 11.3 Å². The van der Waals surface area contributed by atoms with Crippen LogP contribution in [0.3, 0.4) is 0 Å². The van der Waals surface area contributed by atoms with E-state index in [4.69, 9.17) is 10.3 Å². The molecule has 0 aliphatic heterocycles. The zero-order valence-corrected chi connectivity index (χ0v) is 8.07. The van der Waals surface area contributed by atoms with Gasteiger partial charge in [0, 0.05) is 5.39 Å². The summed E-state index contributed by atoms with van der Waals surface area (Å²) in [5.74, 6) is 5.17. The molecule has 5 nitrogen and oxygen atoms in total. The third-order valence-electron chi connectivity index (χ3n) is 2.21. The molecule has 0 fully saturated rings. The molecule has 1 heterocycles. The summed E-state index contributed by atoms with van der Waals surface area (Å²) in [6, 6.07) is 4.57. The highest BCUT2D eigenvalue weighted by Gasteiger charge is 2.17. The van der Waals surface area contributed by atoms with Gasteiger partial charge in [-0.1, -0.05) is 0 Å². The van der Waals surface area contributed by atoms with Crippen molar-refractivity contribution in [3.05, 3.63) is 29.5 Å². The number of carbonyl (C=O) groups is 1. The fourth-order valence-corrected chi connectivity index (χ4v) is 1.56. The van der Waals surface area contributed by atoms with Crippen LogP contribution in [0.15, 0.2) is 22.6 Å². The maximum absolute atomic E-state index is 11.4. The van der Waals surface area contributed by atoms with Crippen molar-refractivity contribution in [1.82, 2.24) is 5.43 Å². The second kappa shape index (κ2) is 3.29. The number of nitrogen functional groups attached to an aromatic ring is 1. The lowest BCUT2D eigenvalue weighted by molar-refractivity contribution is 0.0953.